The molecule has 1 aromatic heterocycles. The smallest absolute Gasteiger partial charge is 0.151 e. The Hall–Kier alpha value is -0.810. The number of thiazole rings is 1. The first kappa shape index (κ1) is 10.7. The molecule has 0 saturated carbocycles. The summed E-state index contributed by atoms with van der Waals surface area (Å²) in [6.45, 7) is 2.12. The Morgan fingerprint density at radius 3 is 3.07 bits per heavy atom. The van der Waals surface area contributed by atoms with Crippen LogP contribution in [0.4, 0.5) is 10.1 Å². The van der Waals surface area contributed by atoms with Crippen LogP contribution < -0.4 is 5.73 Å². The van der Waals surface area contributed by atoms with Gasteiger partial charge in [0.05, 0.1) is 15.9 Å². The summed E-state index contributed by atoms with van der Waals surface area (Å²) in [4.78, 5) is 4.39. The van der Waals surface area contributed by atoms with Gasteiger partial charge in [0.1, 0.15) is 5.82 Å². The molecule has 0 saturated heterocycles. The largest absolute Gasteiger partial charge is 0.395 e. The number of nitrogens with zero attached hydrogens (tertiary/aromatic N) is 1. The highest BCUT2D eigenvalue weighted by atomic mass is 32.2. The van der Waals surface area contributed by atoms with Crippen LogP contribution in [0.5, 0.6) is 0 Å². The average molecular weight is 242 g/mol. The van der Waals surface area contributed by atoms with E-state index in [4.69, 9.17) is 5.73 Å². The normalized spacial score (nSPS) is 11.1. The highest BCUT2D eigenvalue weighted by Gasteiger charge is 2.09. The number of hydrogen-bond donors (Lipinski definition) is 1. The van der Waals surface area contributed by atoms with Crippen molar-refractivity contribution in [1.82, 2.24) is 4.98 Å². The van der Waals surface area contributed by atoms with Crippen molar-refractivity contribution in [2.45, 2.75) is 17.7 Å². The van der Waals surface area contributed by atoms with Crippen molar-refractivity contribution in [3.8, 4) is 0 Å². The first-order chi connectivity index (χ1) is 7.22. The van der Waals surface area contributed by atoms with Gasteiger partial charge in [-0.15, -0.1) is 11.3 Å². The van der Waals surface area contributed by atoms with Crippen molar-refractivity contribution in [1.29, 1.82) is 0 Å². The quantitative estimate of drug-likeness (QED) is 0.661. The van der Waals surface area contributed by atoms with Crippen molar-refractivity contribution in [2.75, 3.05) is 11.5 Å². The Kier molecular flexibility index (Phi) is 3.11. The zero-order valence-electron chi connectivity index (χ0n) is 8.29. The lowest BCUT2D eigenvalue weighted by Gasteiger charge is -1.94. The van der Waals surface area contributed by atoms with E-state index in [-0.39, 0.29) is 11.5 Å². The van der Waals surface area contributed by atoms with Gasteiger partial charge in [-0.1, -0.05) is 18.7 Å². The maximum atomic E-state index is 13.2. The first-order valence-corrected chi connectivity index (χ1v) is 6.50. The molecule has 0 fully saturated rings. The van der Waals surface area contributed by atoms with E-state index < -0.39 is 0 Å². The summed E-state index contributed by atoms with van der Waals surface area (Å²) < 4.78 is 14.9. The maximum absolute atomic E-state index is 13.2. The minimum atomic E-state index is -0.363. The fraction of sp³-hybridized carbons (Fsp3) is 0.300. The van der Waals surface area contributed by atoms with Gasteiger partial charge in [-0.3, -0.25) is 0 Å². The van der Waals surface area contributed by atoms with E-state index in [1.54, 1.807) is 17.8 Å². The lowest BCUT2D eigenvalue weighted by molar-refractivity contribution is 0.634. The van der Waals surface area contributed by atoms with E-state index in [0.717, 1.165) is 26.7 Å². The van der Waals surface area contributed by atoms with Gasteiger partial charge in [0.2, 0.25) is 0 Å². The molecule has 1 heterocycles. The SMILES string of the molecule is CCCSc1nc2ccc(F)c(N)c2s1. The van der Waals surface area contributed by atoms with Gasteiger partial charge in [0.15, 0.2) is 4.34 Å². The van der Waals surface area contributed by atoms with Gasteiger partial charge in [-0.05, 0) is 18.6 Å². The predicted octanol–water partition coefficient (Wildman–Crippen LogP) is 3.52. The zero-order chi connectivity index (χ0) is 10.8. The molecule has 2 nitrogen and oxygen atoms in total. The molecule has 1 aromatic carbocycles. The molecule has 80 valence electrons. The number of nitrogens with two attached hydrogens (primary N) is 1. The van der Waals surface area contributed by atoms with Crippen LogP contribution in [0.1, 0.15) is 13.3 Å². The van der Waals surface area contributed by atoms with E-state index in [1.165, 1.54) is 17.4 Å². The Morgan fingerprint density at radius 1 is 1.53 bits per heavy atom. The lowest BCUT2D eigenvalue weighted by Crippen LogP contribution is -1.89. The number of aromatic nitrogens is 1. The van der Waals surface area contributed by atoms with Crippen molar-refractivity contribution in [3.05, 3.63) is 17.9 Å². The van der Waals surface area contributed by atoms with Crippen LogP contribution >= 0.6 is 23.1 Å². The molecule has 0 atom stereocenters. The highest BCUT2D eigenvalue weighted by molar-refractivity contribution is 8.01. The topological polar surface area (TPSA) is 38.9 Å². The van der Waals surface area contributed by atoms with Crippen LogP contribution in [0.15, 0.2) is 16.5 Å². The number of halogens is 1. The van der Waals surface area contributed by atoms with Crippen LogP contribution in [0.25, 0.3) is 10.2 Å². The minimum Gasteiger partial charge on any atom is -0.395 e. The van der Waals surface area contributed by atoms with Crippen molar-refractivity contribution in [2.24, 2.45) is 0 Å². The Bertz CT molecular complexity index is 481. The standard InChI is InChI=1S/C10H11FN2S2/c1-2-5-14-10-13-7-4-3-6(11)8(12)9(7)15-10/h3-4H,2,5,12H2,1H3. The minimum absolute atomic E-state index is 0.216. The van der Waals surface area contributed by atoms with Crippen LogP contribution in [-0.2, 0) is 0 Å². The predicted molar refractivity (Wildman–Crippen MR) is 65.0 cm³/mol. The molecule has 15 heavy (non-hydrogen) atoms. The summed E-state index contributed by atoms with van der Waals surface area (Å²) in [6.07, 6.45) is 1.10. The fourth-order valence-electron chi connectivity index (χ4n) is 1.22. The van der Waals surface area contributed by atoms with E-state index in [2.05, 4.69) is 11.9 Å². The summed E-state index contributed by atoms with van der Waals surface area (Å²) in [5, 5.41) is 0. The molecule has 5 heteroatoms. The fourth-order valence-corrected chi connectivity index (χ4v) is 3.24. The summed E-state index contributed by atoms with van der Waals surface area (Å²) in [7, 11) is 0. The van der Waals surface area contributed by atoms with Crippen LogP contribution in [-0.4, -0.2) is 10.7 Å². The maximum Gasteiger partial charge on any atom is 0.151 e. The number of fused-ring (bicyclic) bond motifs is 1. The van der Waals surface area contributed by atoms with Gasteiger partial charge in [0.25, 0.3) is 0 Å². The number of benzene rings is 1. The first-order valence-electron chi connectivity index (χ1n) is 4.69. The second-order valence-electron chi connectivity index (χ2n) is 3.14. The van der Waals surface area contributed by atoms with E-state index >= 15 is 0 Å². The van der Waals surface area contributed by atoms with E-state index in [9.17, 15) is 4.39 Å². The number of thioether (sulfide) groups is 1. The van der Waals surface area contributed by atoms with Crippen molar-refractivity contribution >= 4 is 39.0 Å². The Morgan fingerprint density at radius 2 is 2.33 bits per heavy atom. The summed E-state index contributed by atoms with van der Waals surface area (Å²) >= 11 is 3.15. The second kappa shape index (κ2) is 4.37. The van der Waals surface area contributed by atoms with Gasteiger partial charge >= 0.3 is 0 Å². The monoisotopic (exact) mass is 242 g/mol. The molecular formula is C10H11FN2S2. The van der Waals surface area contributed by atoms with E-state index in [0.29, 0.717) is 0 Å². The third-order valence-electron chi connectivity index (χ3n) is 1.95. The Balaban J connectivity index is 2.42. The van der Waals surface area contributed by atoms with Crippen molar-refractivity contribution in [3.63, 3.8) is 0 Å². The molecule has 0 aliphatic rings. The Labute approximate surface area is 95.7 Å². The second-order valence-corrected chi connectivity index (χ2v) is 5.48. The molecule has 2 rings (SSSR count). The number of anilines is 1. The van der Waals surface area contributed by atoms with Crippen LogP contribution in [0, 0.1) is 5.82 Å². The molecule has 0 bridgehead atoms. The number of nitrogen functional groups attached to an aromatic ring is 1. The van der Waals surface area contributed by atoms with Crippen LogP contribution in [0.2, 0.25) is 0 Å². The van der Waals surface area contributed by atoms with Crippen molar-refractivity contribution < 1.29 is 4.39 Å². The van der Waals surface area contributed by atoms with Gasteiger partial charge in [0, 0.05) is 5.75 Å². The number of rotatable bonds is 3. The van der Waals surface area contributed by atoms with Gasteiger partial charge in [-0.25, -0.2) is 9.37 Å². The lowest BCUT2D eigenvalue weighted by atomic mass is 10.3. The molecule has 2 aromatic rings. The van der Waals surface area contributed by atoms with E-state index in [1.807, 2.05) is 0 Å². The molecule has 0 unspecified atom stereocenters. The molecule has 0 amide bonds. The van der Waals surface area contributed by atoms with Gasteiger partial charge in [-0.2, -0.15) is 0 Å². The van der Waals surface area contributed by atoms with Crippen LogP contribution in [0.3, 0.4) is 0 Å². The molecule has 2 N–H and O–H groups in total. The number of hydrogen-bond acceptors (Lipinski definition) is 4. The zero-order valence-corrected chi connectivity index (χ0v) is 9.92. The molecule has 0 spiro atoms. The third kappa shape index (κ3) is 2.08. The molecular weight excluding hydrogens is 231 g/mol. The average Bonchev–Trinajstić information content (AvgIpc) is 2.64. The highest BCUT2D eigenvalue weighted by Crippen LogP contribution is 2.34. The summed E-state index contributed by atoms with van der Waals surface area (Å²) in [5.74, 6) is 0.667. The summed E-state index contributed by atoms with van der Waals surface area (Å²) in [5.41, 5.74) is 6.65. The third-order valence-corrected chi connectivity index (χ3v) is 4.41. The summed E-state index contributed by atoms with van der Waals surface area (Å²) in [6, 6.07) is 3.04. The molecule has 0 radical (unpaired) electrons. The molecule has 0 aliphatic heterocycles. The molecule has 0 aliphatic carbocycles. The van der Waals surface area contributed by atoms with Gasteiger partial charge < -0.3 is 5.73 Å².